The highest BCUT2D eigenvalue weighted by molar-refractivity contribution is 6.31. The summed E-state index contributed by atoms with van der Waals surface area (Å²) in [4.78, 5) is 11.3. The molecule has 0 atom stereocenters. The van der Waals surface area contributed by atoms with Crippen LogP contribution in [0, 0.1) is 6.92 Å². The summed E-state index contributed by atoms with van der Waals surface area (Å²) in [5.74, 6) is 0.0162. The van der Waals surface area contributed by atoms with Gasteiger partial charge in [0.05, 0.1) is 14.2 Å². The zero-order valence-electron chi connectivity index (χ0n) is 8.26. The number of hydrogen-bond donors (Lipinski definition) is 0. The van der Waals surface area contributed by atoms with Crippen LogP contribution in [0.5, 0.6) is 5.75 Å². The van der Waals surface area contributed by atoms with Crippen LogP contribution in [0.4, 0.5) is 0 Å². The van der Waals surface area contributed by atoms with E-state index < -0.39 is 5.97 Å². The summed E-state index contributed by atoms with van der Waals surface area (Å²) in [6.07, 6.45) is 0. The van der Waals surface area contributed by atoms with Gasteiger partial charge in [-0.15, -0.1) is 0 Å². The fraction of sp³-hybridized carbons (Fsp3) is 0.300. The van der Waals surface area contributed by atoms with Gasteiger partial charge >= 0.3 is 5.97 Å². The molecule has 0 saturated carbocycles. The number of carbonyl (C=O) groups is 1. The number of aryl methyl sites for hydroxylation is 1. The Morgan fingerprint density at radius 2 is 2.00 bits per heavy atom. The first-order valence-corrected chi connectivity index (χ1v) is 4.40. The topological polar surface area (TPSA) is 35.5 Å². The standard InChI is InChI=1S/C10H11ClO3/c1-6-4-9(13-2)7(5-8(6)11)10(12)14-3/h4-5H,1-3H3. The third-order valence-corrected chi connectivity index (χ3v) is 2.29. The van der Waals surface area contributed by atoms with Gasteiger partial charge in [-0.1, -0.05) is 11.6 Å². The second-order valence-corrected chi connectivity index (χ2v) is 3.20. The minimum atomic E-state index is -0.455. The summed E-state index contributed by atoms with van der Waals surface area (Å²) < 4.78 is 9.64. The van der Waals surface area contributed by atoms with Crippen molar-refractivity contribution in [3.8, 4) is 5.75 Å². The van der Waals surface area contributed by atoms with Crippen LogP contribution in [0.2, 0.25) is 5.02 Å². The molecule has 1 aromatic rings. The minimum absolute atomic E-state index is 0.339. The molecule has 0 aliphatic carbocycles. The molecule has 14 heavy (non-hydrogen) atoms. The summed E-state index contributed by atoms with van der Waals surface area (Å²) in [7, 11) is 2.81. The Morgan fingerprint density at radius 1 is 1.36 bits per heavy atom. The van der Waals surface area contributed by atoms with E-state index in [0.29, 0.717) is 16.3 Å². The number of benzene rings is 1. The average Bonchev–Trinajstić information content (AvgIpc) is 2.20. The maximum atomic E-state index is 11.3. The van der Waals surface area contributed by atoms with Crippen LogP contribution in [0.25, 0.3) is 0 Å². The van der Waals surface area contributed by atoms with Gasteiger partial charge in [0.2, 0.25) is 0 Å². The number of esters is 1. The number of rotatable bonds is 2. The maximum absolute atomic E-state index is 11.3. The SMILES string of the molecule is COC(=O)c1cc(Cl)c(C)cc1OC. The van der Waals surface area contributed by atoms with Gasteiger partial charge in [0.25, 0.3) is 0 Å². The van der Waals surface area contributed by atoms with Crippen molar-refractivity contribution in [1.29, 1.82) is 0 Å². The van der Waals surface area contributed by atoms with Crippen LogP contribution < -0.4 is 4.74 Å². The monoisotopic (exact) mass is 214 g/mol. The number of carbonyl (C=O) groups excluding carboxylic acids is 1. The Balaban J connectivity index is 3.27. The molecule has 0 amide bonds. The third-order valence-electron chi connectivity index (χ3n) is 1.89. The van der Waals surface area contributed by atoms with Gasteiger partial charge in [0, 0.05) is 5.02 Å². The second-order valence-electron chi connectivity index (χ2n) is 2.79. The van der Waals surface area contributed by atoms with Gasteiger partial charge in [-0.05, 0) is 24.6 Å². The molecule has 0 unspecified atom stereocenters. The highest BCUT2D eigenvalue weighted by Gasteiger charge is 2.14. The number of halogens is 1. The zero-order valence-corrected chi connectivity index (χ0v) is 9.01. The lowest BCUT2D eigenvalue weighted by molar-refractivity contribution is 0.0597. The Labute approximate surface area is 87.6 Å². The molecule has 0 saturated heterocycles. The molecule has 0 aliphatic rings. The molecule has 0 radical (unpaired) electrons. The van der Waals surface area contributed by atoms with Crippen molar-refractivity contribution in [2.24, 2.45) is 0 Å². The molecule has 3 nitrogen and oxygen atoms in total. The smallest absolute Gasteiger partial charge is 0.341 e. The lowest BCUT2D eigenvalue weighted by Crippen LogP contribution is -2.04. The van der Waals surface area contributed by atoms with Gasteiger partial charge in [0.15, 0.2) is 0 Å². The molecule has 0 aromatic heterocycles. The quantitative estimate of drug-likeness (QED) is 0.710. The number of methoxy groups -OCH3 is 2. The van der Waals surface area contributed by atoms with Gasteiger partial charge in [-0.2, -0.15) is 0 Å². The highest BCUT2D eigenvalue weighted by Crippen LogP contribution is 2.26. The molecule has 76 valence electrons. The summed E-state index contributed by atoms with van der Waals surface area (Å²) in [6.45, 7) is 1.84. The normalized spacial score (nSPS) is 9.71. The van der Waals surface area contributed by atoms with E-state index in [0.717, 1.165) is 5.56 Å². The van der Waals surface area contributed by atoms with E-state index in [2.05, 4.69) is 4.74 Å². The van der Waals surface area contributed by atoms with Crippen LogP contribution >= 0.6 is 11.6 Å². The van der Waals surface area contributed by atoms with Crippen molar-refractivity contribution in [3.05, 3.63) is 28.3 Å². The van der Waals surface area contributed by atoms with Crippen molar-refractivity contribution >= 4 is 17.6 Å². The van der Waals surface area contributed by atoms with E-state index in [1.165, 1.54) is 14.2 Å². The Hall–Kier alpha value is -1.22. The first-order valence-electron chi connectivity index (χ1n) is 4.02. The Bertz CT molecular complexity index is 361. The molecular formula is C10H11ClO3. The zero-order chi connectivity index (χ0) is 10.7. The Kier molecular flexibility index (Phi) is 3.36. The largest absolute Gasteiger partial charge is 0.496 e. The van der Waals surface area contributed by atoms with Crippen molar-refractivity contribution < 1.29 is 14.3 Å². The fourth-order valence-corrected chi connectivity index (χ4v) is 1.26. The molecule has 4 heteroatoms. The van der Waals surface area contributed by atoms with E-state index in [1.54, 1.807) is 12.1 Å². The van der Waals surface area contributed by atoms with Crippen molar-refractivity contribution in [3.63, 3.8) is 0 Å². The van der Waals surface area contributed by atoms with Crippen molar-refractivity contribution in [2.75, 3.05) is 14.2 Å². The molecule has 0 heterocycles. The number of ether oxygens (including phenoxy) is 2. The molecule has 1 aromatic carbocycles. The molecule has 0 fully saturated rings. The van der Waals surface area contributed by atoms with E-state index >= 15 is 0 Å². The average molecular weight is 215 g/mol. The third kappa shape index (κ3) is 1.99. The first-order chi connectivity index (χ1) is 6.60. The fourth-order valence-electron chi connectivity index (χ4n) is 1.09. The maximum Gasteiger partial charge on any atom is 0.341 e. The van der Waals surface area contributed by atoms with Gasteiger partial charge in [0.1, 0.15) is 11.3 Å². The van der Waals surface area contributed by atoms with Crippen LogP contribution in [-0.4, -0.2) is 20.2 Å². The molecule has 0 N–H and O–H groups in total. The van der Waals surface area contributed by atoms with Crippen molar-refractivity contribution in [2.45, 2.75) is 6.92 Å². The van der Waals surface area contributed by atoms with E-state index in [1.807, 2.05) is 6.92 Å². The van der Waals surface area contributed by atoms with Gasteiger partial charge in [-0.25, -0.2) is 4.79 Å². The second kappa shape index (κ2) is 4.33. The van der Waals surface area contributed by atoms with Crippen LogP contribution in [-0.2, 0) is 4.74 Å². The van der Waals surface area contributed by atoms with E-state index in [4.69, 9.17) is 16.3 Å². The van der Waals surface area contributed by atoms with Crippen LogP contribution in [0.1, 0.15) is 15.9 Å². The summed E-state index contributed by atoms with van der Waals surface area (Å²) in [5.41, 5.74) is 1.20. The summed E-state index contributed by atoms with van der Waals surface area (Å²) in [5, 5.41) is 0.520. The van der Waals surface area contributed by atoms with Crippen molar-refractivity contribution in [1.82, 2.24) is 0 Å². The summed E-state index contributed by atoms with van der Waals surface area (Å²) in [6, 6.07) is 3.25. The summed E-state index contributed by atoms with van der Waals surface area (Å²) >= 11 is 5.88. The Morgan fingerprint density at radius 3 is 2.50 bits per heavy atom. The molecule has 1 rings (SSSR count). The highest BCUT2D eigenvalue weighted by atomic mass is 35.5. The predicted molar refractivity (Wildman–Crippen MR) is 54.1 cm³/mol. The molecular weight excluding hydrogens is 204 g/mol. The van der Waals surface area contributed by atoms with E-state index in [9.17, 15) is 4.79 Å². The molecule has 0 bridgehead atoms. The lowest BCUT2D eigenvalue weighted by Gasteiger charge is -2.08. The van der Waals surface area contributed by atoms with Crippen LogP contribution in [0.3, 0.4) is 0 Å². The van der Waals surface area contributed by atoms with Gasteiger partial charge < -0.3 is 9.47 Å². The molecule has 0 aliphatic heterocycles. The molecule has 0 spiro atoms. The lowest BCUT2D eigenvalue weighted by atomic mass is 10.1. The minimum Gasteiger partial charge on any atom is -0.496 e. The van der Waals surface area contributed by atoms with E-state index in [-0.39, 0.29) is 0 Å². The number of hydrogen-bond acceptors (Lipinski definition) is 3. The van der Waals surface area contributed by atoms with Crippen LogP contribution in [0.15, 0.2) is 12.1 Å². The van der Waals surface area contributed by atoms with Gasteiger partial charge in [-0.3, -0.25) is 0 Å². The first kappa shape index (κ1) is 10.9. The predicted octanol–water partition coefficient (Wildman–Crippen LogP) is 2.44.